The van der Waals surface area contributed by atoms with Crippen molar-refractivity contribution in [3.63, 3.8) is 0 Å². The van der Waals surface area contributed by atoms with Crippen LogP contribution in [0.3, 0.4) is 0 Å². The fraction of sp³-hybridized carbons (Fsp3) is 0.923. The number of carbonyl (C=O) groups is 2. The summed E-state index contributed by atoms with van der Waals surface area (Å²) in [5.41, 5.74) is -3.70. The van der Waals surface area contributed by atoms with Gasteiger partial charge in [0.25, 0.3) is 0 Å². The van der Waals surface area contributed by atoms with Crippen LogP contribution in [0.2, 0.25) is 0 Å². The molecular weight excluding hydrogens is 993 g/mol. The minimum Gasteiger partial charge on any atom is -0.481 e. The maximum absolute atomic E-state index is 15.3. The zero-order chi connectivity index (χ0) is 54.9. The maximum Gasteiger partial charge on any atom is 0.315 e. The monoisotopic (exact) mass is 1070 g/mol. The van der Waals surface area contributed by atoms with Crippen molar-refractivity contribution in [1.29, 1.82) is 0 Å². The Balaban J connectivity index is 0.956. The molecule has 23 nitrogen and oxygen atoms in total. The van der Waals surface area contributed by atoms with Crippen LogP contribution in [0, 0.1) is 50.2 Å². The first-order chi connectivity index (χ1) is 35.0. The Morgan fingerprint density at radius 1 is 0.627 bits per heavy atom. The van der Waals surface area contributed by atoms with Crippen molar-refractivity contribution in [2.45, 2.75) is 229 Å². The Hall–Kier alpha value is -2.08. The number of fused-ring (bicyclic) bond motifs is 7. The summed E-state index contributed by atoms with van der Waals surface area (Å²) in [6.45, 7) is 12.3. The molecule has 0 aromatic rings. The van der Waals surface area contributed by atoms with E-state index in [1.54, 1.807) is 6.92 Å². The van der Waals surface area contributed by atoms with Gasteiger partial charge in [0.05, 0.1) is 42.9 Å². The number of hydrogen-bond acceptors (Lipinski definition) is 22. The van der Waals surface area contributed by atoms with Crippen LogP contribution in [0.15, 0.2) is 11.6 Å². The van der Waals surface area contributed by atoms with Crippen LogP contribution in [0.5, 0.6) is 0 Å². The van der Waals surface area contributed by atoms with E-state index >= 15 is 4.79 Å². The molecule has 75 heavy (non-hydrogen) atoms. The Labute approximate surface area is 435 Å². The lowest BCUT2D eigenvalue weighted by Gasteiger charge is -2.71. The fourth-order valence-electron chi connectivity index (χ4n) is 16.0. The van der Waals surface area contributed by atoms with Crippen molar-refractivity contribution in [3.8, 4) is 0 Å². The smallest absolute Gasteiger partial charge is 0.315 e. The first-order valence-electron chi connectivity index (χ1n) is 26.8. The molecule has 5 aliphatic carbocycles. The largest absolute Gasteiger partial charge is 0.481 e. The van der Waals surface area contributed by atoms with E-state index in [1.807, 2.05) is 6.92 Å². The van der Waals surface area contributed by atoms with Crippen LogP contribution in [0.1, 0.15) is 106 Å². The molecule has 13 N–H and O–H groups in total. The van der Waals surface area contributed by atoms with E-state index in [4.69, 9.17) is 37.9 Å². The van der Waals surface area contributed by atoms with Gasteiger partial charge in [0.15, 0.2) is 25.0 Å². The molecule has 0 amide bonds. The molecule has 0 bridgehead atoms. The summed E-state index contributed by atoms with van der Waals surface area (Å²) < 4.78 is 47.1. The Morgan fingerprint density at radius 2 is 1.23 bits per heavy atom. The van der Waals surface area contributed by atoms with Gasteiger partial charge in [-0.15, -0.1) is 0 Å². The number of aliphatic carboxylic acids is 1. The molecule has 8 fully saturated rings. The molecule has 428 valence electrons. The molecule has 4 saturated heterocycles. The molecule has 9 rings (SSSR count). The number of carbonyl (C=O) groups excluding carboxylic acids is 1. The van der Waals surface area contributed by atoms with Gasteiger partial charge in [-0.2, -0.15) is 0 Å². The minimum atomic E-state index is -1.87. The second kappa shape index (κ2) is 20.5. The topological polar surface area (TPSA) is 371 Å². The summed E-state index contributed by atoms with van der Waals surface area (Å²) in [5.74, 6) is -2.87. The Kier molecular flexibility index (Phi) is 15.7. The molecule has 4 saturated carbocycles. The summed E-state index contributed by atoms with van der Waals surface area (Å²) in [6, 6.07) is 0. The Morgan fingerprint density at radius 3 is 1.89 bits per heavy atom. The standard InChI is InChI=1S/C52H82O23/c1-21-38(72-41-35(62)30(57)25(55)19-68-41)34(61)37(64)42(70-21)73-39-31(58)26(56)20-69-44(39)75-46(67)52-14-12-47(2,3)16-23(52)22-8-9-28-48(4)17-24(54)40(74-43-36(63)33(60)32(59)27(18-53)71-43)51(7,45(65)66)29(48)10-11-50(28,6)49(22,5)13-15-52/h8,21,23-44,53-64H,9-20H2,1-7H3,(H,65,66)/t21-,23-,24-,25+,26-,27+,28+,29+,30-,31-,32+,33-,34-,35+,36+,37+,38-,39+,40-,41-,42-,43-,44-,48+,49+,50+,51-,52-/m0/s1. The lowest BCUT2D eigenvalue weighted by molar-refractivity contribution is -0.368. The molecule has 4 aliphatic heterocycles. The number of carboxylic acid groups (broad SMARTS) is 1. The van der Waals surface area contributed by atoms with Gasteiger partial charge < -0.3 is 104 Å². The van der Waals surface area contributed by atoms with Gasteiger partial charge in [0, 0.05) is 0 Å². The molecular formula is C52H82O23. The Bertz CT molecular complexity index is 2130. The number of hydrogen-bond donors (Lipinski definition) is 13. The zero-order valence-corrected chi connectivity index (χ0v) is 43.7. The van der Waals surface area contributed by atoms with E-state index in [0.717, 1.165) is 5.57 Å². The minimum absolute atomic E-state index is 0.130. The summed E-state index contributed by atoms with van der Waals surface area (Å²) in [7, 11) is 0. The summed E-state index contributed by atoms with van der Waals surface area (Å²) in [5, 5.41) is 140. The third-order valence-electron chi connectivity index (χ3n) is 20.7. The maximum atomic E-state index is 15.3. The second-order valence-electron chi connectivity index (χ2n) is 25.3. The molecule has 0 aromatic carbocycles. The third kappa shape index (κ3) is 9.16. The summed E-state index contributed by atoms with van der Waals surface area (Å²) in [6.07, 6.45) is -24.9. The van der Waals surface area contributed by atoms with Crippen LogP contribution in [0.4, 0.5) is 0 Å². The normalized spacial score (nSPS) is 54.8. The van der Waals surface area contributed by atoms with Crippen LogP contribution >= 0.6 is 0 Å². The lowest BCUT2D eigenvalue weighted by Crippen LogP contribution is -2.70. The van der Waals surface area contributed by atoms with Gasteiger partial charge in [0.2, 0.25) is 6.29 Å². The van der Waals surface area contributed by atoms with E-state index in [9.17, 15) is 71.2 Å². The van der Waals surface area contributed by atoms with Crippen LogP contribution in [-0.2, 0) is 47.5 Å². The number of rotatable bonds is 10. The van der Waals surface area contributed by atoms with Crippen molar-refractivity contribution in [2.24, 2.45) is 50.2 Å². The van der Waals surface area contributed by atoms with Gasteiger partial charge in [-0.1, -0.05) is 46.3 Å². The molecule has 0 unspecified atom stereocenters. The third-order valence-corrected chi connectivity index (χ3v) is 20.7. The van der Waals surface area contributed by atoms with E-state index in [0.29, 0.717) is 51.4 Å². The summed E-state index contributed by atoms with van der Waals surface area (Å²) in [4.78, 5) is 29.0. The van der Waals surface area contributed by atoms with Crippen molar-refractivity contribution < 1.29 is 114 Å². The van der Waals surface area contributed by atoms with E-state index < -0.39 is 181 Å². The van der Waals surface area contributed by atoms with Crippen molar-refractivity contribution in [2.75, 3.05) is 19.8 Å². The molecule has 4 heterocycles. The van der Waals surface area contributed by atoms with Crippen LogP contribution in [0.25, 0.3) is 0 Å². The highest BCUT2D eigenvalue weighted by Gasteiger charge is 2.73. The zero-order valence-electron chi connectivity index (χ0n) is 43.7. The van der Waals surface area contributed by atoms with E-state index in [1.165, 1.54) is 6.92 Å². The number of ether oxygens (including phenoxy) is 8. The van der Waals surface area contributed by atoms with Crippen molar-refractivity contribution in [3.05, 3.63) is 11.6 Å². The van der Waals surface area contributed by atoms with Crippen LogP contribution < -0.4 is 0 Å². The molecule has 0 aromatic heterocycles. The molecule has 9 aliphatic rings. The number of aliphatic hydroxyl groups excluding tert-OH is 12. The predicted octanol–water partition coefficient (Wildman–Crippen LogP) is -1.69. The van der Waals surface area contributed by atoms with Gasteiger partial charge in [-0.05, 0) is 111 Å². The second-order valence-corrected chi connectivity index (χ2v) is 25.3. The molecule has 0 radical (unpaired) electrons. The van der Waals surface area contributed by atoms with E-state index in [2.05, 4.69) is 33.8 Å². The number of aliphatic hydroxyl groups is 12. The lowest BCUT2D eigenvalue weighted by atomic mass is 9.33. The molecule has 28 atom stereocenters. The number of allylic oxidation sites excluding steroid dienone is 2. The average molecular weight is 1080 g/mol. The van der Waals surface area contributed by atoms with Gasteiger partial charge in [-0.25, -0.2) is 0 Å². The van der Waals surface area contributed by atoms with Gasteiger partial charge in [-0.3, -0.25) is 9.59 Å². The van der Waals surface area contributed by atoms with Crippen molar-refractivity contribution in [1.82, 2.24) is 0 Å². The average Bonchev–Trinajstić information content (AvgIpc) is 3.35. The quantitative estimate of drug-likeness (QED) is 0.0659. The van der Waals surface area contributed by atoms with E-state index in [-0.39, 0.29) is 30.3 Å². The number of carboxylic acids is 1. The molecule has 23 heteroatoms. The first kappa shape index (κ1) is 57.6. The molecule has 0 spiro atoms. The first-order valence-corrected chi connectivity index (χ1v) is 26.8. The van der Waals surface area contributed by atoms with Gasteiger partial charge in [0.1, 0.15) is 79.4 Å². The van der Waals surface area contributed by atoms with Gasteiger partial charge >= 0.3 is 11.9 Å². The fourth-order valence-corrected chi connectivity index (χ4v) is 16.0. The SMILES string of the molecule is C[C@@H]1O[C@@H](O[C@H]2[C@H](OC(=O)[C@]34CCC(C)(C)C[C@H]3C3=CC[C@@H]5[C@@]6(C)C[C@H](O)[C@H](O[C@@H]7O[C@H](CO)[C@@H](O)[C@H](O)[C@H]7O)[C@@](C)(C(=O)O)[C@@H]6CC[C@@]5(C)[C@]3(C)CC4)OC[C@H](O)[C@@H]2O)[C@H](O)[C@H](O)[C@H]1O[C@@H]1OC[C@@H](O)[C@H](O)[C@H]1O. The predicted molar refractivity (Wildman–Crippen MR) is 253 cm³/mol. The highest BCUT2D eigenvalue weighted by atomic mass is 16.8. The highest BCUT2D eigenvalue weighted by Crippen LogP contribution is 2.76. The van der Waals surface area contributed by atoms with Crippen LogP contribution in [-0.4, -0.2) is 221 Å². The number of esters is 1. The summed E-state index contributed by atoms with van der Waals surface area (Å²) >= 11 is 0. The highest BCUT2D eigenvalue weighted by molar-refractivity contribution is 5.79. The van der Waals surface area contributed by atoms with Crippen molar-refractivity contribution >= 4 is 11.9 Å².